The van der Waals surface area contributed by atoms with Gasteiger partial charge in [-0.3, -0.25) is 9.59 Å². The van der Waals surface area contributed by atoms with Crippen molar-refractivity contribution in [2.75, 3.05) is 12.4 Å². The number of aromatic nitrogens is 1. The van der Waals surface area contributed by atoms with Gasteiger partial charge in [-0.2, -0.15) is 5.26 Å². The first kappa shape index (κ1) is 19.6. The van der Waals surface area contributed by atoms with Gasteiger partial charge in [-0.15, -0.1) is 0 Å². The van der Waals surface area contributed by atoms with E-state index in [9.17, 15) is 9.59 Å². The maximum Gasteiger partial charge on any atom is 0.274 e. The second-order valence-electron chi connectivity index (χ2n) is 6.08. The first-order valence-corrected chi connectivity index (χ1v) is 8.79. The molecule has 2 aromatic carbocycles. The number of nitrogens with zero attached hydrogens (tertiary/aromatic N) is 2. The third-order valence-electron chi connectivity index (χ3n) is 4.10. The molecule has 0 radical (unpaired) electrons. The summed E-state index contributed by atoms with van der Waals surface area (Å²) in [7, 11) is 1.59. The van der Waals surface area contributed by atoms with Gasteiger partial charge in [0.1, 0.15) is 17.1 Å². The van der Waals surface area contributed by atoms with E-state index in [1.807, 2.05) is 30.3 Å². The molecule has 0 aliphatic rings. The van der Waals surface area contributed by atoms with Crippen molar-refractivity contribution in [3.63, 3.8) is 0 Å². The monoisotopic (exact) mass is 386 g/mol. The summed E-state index contributed by atoms with van der Waals surface area (Å²) >= 11 is 0. The van der Waals surface area contributed by atoms with Crippen molar-refractivity contribution in [1.82, 2.24) is 10.3 Å². The molecule has 1 heterocycles. The minimum Gasteiger partial charge on any atom is -0.497 e. The third kappa shape index (κ3) is 5.17. The lowest BCUT2D eigenvalue weighted by Crippen LogP contribution is -2.25. The number of amides is 2. The van der Waals surface area contributed by atoms with E-state index in [0.717, 1.165) is 11.3 Å². The first-order valence-electron chi connectivity index (χ1n) is 8.79. The summed E-state index contributed by atoms with van der Waals surface area (Å²) in [5.41, 5.74) is 2.20. The molecule has 1 aromatic heterocycles. The Morgan fingerprint density at radius 1 is 0.966 bits per heavy atom. The summed E-state index contributed by atoms with van der Waals surface area (Å²) in [5.74, 6) is -0.0870. The molecule has 2 N–H and O–H groups in total. The van der Waals surface area contributed by atoms with Gasteiger partial charge in [0.25, 0.3) is 11.8 Å². The fraction of sp³-hybridized carbons (Fsp3) is 0.0909. The van der Waals surface area contributed by atoms with Gasteiger partial charge in [-0.25, -0.2) is 4.98 Å². The van der Waals surface area contributed by atoms with E-state index in [2.05, 4.69) is 15.6 Å². The van der Waals surface area contributed by atoms with E-state index in [-0.39, 0.29) is 17.3 Å². The number of hydrogen-bond donors (Lipinski definition) is 2. The predicted molar refractivity (Wildman–Crippen MR) is 108 cm³/mol. The fourth-order valence-electron chi connectivity index (χ4n) is 2.53. The molecule has 3 rings (SSSR count). The van der Waals surface area contributed by atoms with Gasteiger partial charge in [0.2, 0.25) is 0 Å². The number of benzene rings is 2. The predicted octanol–water partition coefficient (Wildman–Crippen LogP) is 3.14. The number of carbonyl (C=O) groups excluding carboxylic acids is 2. The van der Waals surface area contributed by atoms with Crippen molar-refractivity contribution < 1.29 is 14.3 Å². The van der Waals surface area contributed by atoms with Crippen LogP contribution < -0.4 is 15.4 Å². The molecule has 3 aromatic rings. The highest BCUT2D eigenvalue weighted by Crippen LogP contribution is 2.12. The molecule has 7 nitrogen and oxygen atoms in total. The number of carbonyl (C=O) groups is 2. The number of pyridine rings is 1. The smallest absolute Gasteiger partial charge is 0.274 e. The second-order valence-corrected chi connectivity index (χ2v) is 6.08. The van der Waals surface area contributed by atoms with E-state index in [1.165, 1.54) is 6.07 Å². The largest absolute Gasteiger partial charge is 0.497 e. The third-order valence-corrected chi connectivity index (χ3v) is 4.10. The fourth-order valence-corrected chi connectivity index (χ4v) is 2.53. The van der Waals surface area contributed by atoms with E-state index in [4.69, 9.17) is 10.00 Å². The molecule has 0 saturated heterocycles. The number of ether oxygens (including phenoxy) is 1. The molecule has 0 fully saturated rings. The maximum atomic E-state index is 12.4. The number of nitrogens with one attached hydrogen (secondary N) is 2. The summed E-state index contributed by atoms with van der Waals surface area (Å²) in [6, 6.07) is 20.5. The lowest BCUT2D eigenvalue weighted by molar-refractivity contribution is 0.0945. The van der Waals surface area contributed by atoms with Gasteiger partial charge in [0.15, 0.2) is 0 Å². The number of hydrogen-bond acceptors (Lipinski definition) is 5. The second kappa shape index (κ2) is 9.15. The molecule has 0 unspecified atom stereocenters. The molecule has 0 saturated carbocycles. The van der Waals surface area contributed by atoms with E-state index >= 15 is 0 Å². The van der Waals surface area contributed by atoms with Gasteiger partial charge in [-0.1, -0.05) is 18.2 Å². The Balaban J connectivity index is 1.63. The van der Waals surface area contributed by atoms with Crippen LogP contribution in [-0.4, -0.2) is 23.9 Å². The van der Waals surface area contributed by atoms with Crippen molar-refractivity contribution in [3.05, 3.63) is 89.2 Å². The highest BCUT2D eigenvalue weighted by atomic mass is 16.5. The van der Waals surface area contributed by atoms with Crippen molar-refractivity contribution in [2.24, 2.45) is 0 Å². The SMILES string of the molecule is COc1ccc(CNC(=O)c2cccc(C(=O)Nc3ccc(C#N)cc3)n2)cc1. The zero-order valence-electron chi connectivity index (χ0n) is 15.7. The molecule has 0 atom stereocenters. The van der Waals surface area contributed by atoms with Crippen LogP contribution in [0.25, 0.3) is 0 Å². The maximum absolute atomic E-state index is 12.4. The Bertz CT molecular complexity index is 1050. The van der Waals surface area contributed by atoms with Crippen molar-refractivity contribution in [1.29, 1.82) is 5.26 Å². The zero-order valence-corrected chi connectivity index (χ0v) is 15.7. The van der Waals surface area contributed by atoms with Crippen LogP contribution in [0, 0.1) is 11.3 Å². The molecule has 0 aliphatic heterocycles. The minimum absolute atomic E-state index is 0.117. The Hall–Kier alpha value is -4.18. The zero-order chi connectivity index (χ0) is 20.6. The lowest BCUT2D eigenvalue weighted by Gasteiger charge is -2.08. The molecule has 2 amide bonds. The van der Waals surface area contributed by atoms with Crippen LogP contribution in [0.5, 0.6) is 5.75 Å². The molecule has 144 valence electrons. The summed E-state index contributed by atoms with van der Waals surface area (Å²) in [6.07, 6.45) is 0. The van der Waals surface area contributed by atoms with Crippen LogP contribution in [0.1, 0.15) is 32.1 Å². The van der Waals surface area contributed by atoms with Crippen LogP contribution >= 0.6 is 0 Å². The summed E-state index contributed by atoms with van der Waals surface area (Å²) in [4.78, 5) is 28.9. The van der Waals surface area contributed by atoms with E-state index in [0.29, 0.717) is 17.8 Å². The van der Waals surface area contributed by atoms with Crippen LogP contribution in [0.2, 0.25) is 0 Å². The van der Waals surface area contributed by atoms with Gasteiger partial charge in [-0.05, 0) is 54.1 Å². The Labute approximate surface area is 168 Å². The molecule has 0 spiro atoms. The molecular weight excluding hydrogens is 368 g/mol. The highest BCUT2D eigenvalue weighted by Gasteiger charge is 2.12. The van der Waals surface area contributed by atoms with Crippen LogP contribution in [0.4, 0.5) is 5.69 Å². The molecule has 0 bridgehead atoms. The molecule has 7 heteroatoms. The highest BCUT2D eigenvalue weighted by molar-refractivity contribution is 6.03. The summed E-state index contributed by atoms with van der Waals surface area (Å²) in [5, 5.41) is 14.3. The molecular formula is C22H18N4O3. The Morgan fingerprint density at radius 3 is 2.24 bits per heavy atom. The van der Waals surface area contributed by atoms with Gasteiger partial charge < -0.3 is 15.4 Å². The standard InChI is InChI=1S/C22H18N4O3/c1-29-18-11-7-16(8-12-18)14-24-21(27)19-3-2-4-20(26-19)22(28)25-17-9-5-15(13-23)6-10-17/h2-12H,14H2,1H3,(H,24,27)(H,25,28). The molecule has 29 heavy (non-hydrogen) atoms. The van der Waals surface area contributed by atoms with Gasteiger partial charge >= 0.3 is 0 Å². The van der Waals surface area contributed by atoms with Crippen LogP contribution in [0.15, 0.2) is 66.7 Å². The quantitative estimate of drug-likeness (QED) is 0.677. The number of anilines is 1. The number of nitriles is 1. The average molecular weight is 386 g/mol. The van der Waals surface area contributed by atoms with Gasteiger partial charge in [0, 0.05) is 12.2 Å². The molecule has 0 aliphatic carbocycles. The Morgan fingerprint density at radius 2 is 1.62 bits per heavy atom. The topological polar surface area (TPSA) is 104 Å². The van der Waals surface area contributed by atoms with Crippen molar-refractivity contribution in [3.8, 4) is 11.8 Å². The summed E-state index contributed by atoms with van der Waals surface area (Å²) < 4.78 is 5.10. The lowest BCUT2D eigenvalue weighted by atomic mass is 10.2. The van der Waals surface area contributed by atoms with E-state index in [1.54, 1.807) is 43.5 Å². The Kier molecular flexibility index (Phi) is 6.18. The minimum atomic E-state index is -0.445. The first-order chi connectivity index (χ1) is 14.1. The number of methoxy groups -OCH3 is 1. The van der Waals surface area contributed by atoms with Crippen LogP contribution in [-0.2, 0) is 6.54 Å². The van der Waals surface area contributed by atoms with Crippen LogP contribution in [0.3, 0.4) is 0 Å². The van der Waals surface area contributed by atoms with E-state index < -0.39 is 5.91 Å². The number of rotatable bonds is 6. The van der Waals surface area contributed by atoms with Crippen molar-refractivity contribution in [2.45, 2.75) is 6.54 Å². The van der Waals surface area contributed by atoms with Crippen molar-refractivity contribution >= 4 is 17.5 Å². The normalized spacial score (nSPS) is 9.93. The average Bonchev–Trinajstić information content (AvgIpc) is 2.78. The summed E-state index contributed by atoms with van der Waals surface area (Å²) in [6.45, 7) is 0.326. The van der Waals surface area contributed by atoms with Gasteiger partial charge in [0.05, 0.1) is 18.7 Å².